The van der Waals surface area contributed by atoms with Crippen LogP contribution in [-0.4, -0.2) is 29.1 Å². The van der Waals surface area contributed by atoms with Gasteiger partial charge in [0.2, 0.25) is 5.91 Å². The molecule has 0 fully saturated rings. The van der Waals surface area contributed by atoms with Gasteiger partial charge in [-0.2, -0.15) is 0 Å². The molecule has 16 heavy (non-hydrogen) atoms. The molecule has 0 aromatic heterocycles. The maximum absolute atomic E-state index is 11.5. The van der Waals surface area contributed by atoms with Crippen LogP contribution in [0.2, 0.25) is 0 Å². The Labute approximate surface area is 96.4 Å². The maximum atomic E-state index is 11.5. The van der Waals surface area contributed by atoms with Gasteiger partial charge in [-0.3, -0.25) is 4.79 Å². The first kappa shape index (κ1) is 14.9. The van der Waals surface area contributed by atoms with E-state index in [2.05, 4.69) is 5.32 Å². The highest BCUT2D eigenvalue weighted by molar-refractivity contribution is 5.86. The number of hydrogen-bond donors (Lipinski definition) is 3. The SMILES string of the molecule is CCC[C@@H](N)C(=O)NC(CC(C)C)C(=O)O. The lowest BCUT2D eigenvalue weighted by atomic mass is 10.0. The summed E-state index contributed by atoms with van der Waals surface area (Å²) in [6.45, 7) is 5.75. The van der Waals surface area contributed by atoms with Crippen LogP contribution in [0.1, 0.15) is 40.0 Å². The van der Waals surface area contributed by atoms with E-state index in [-0.39, 0.29) is 11.8 Å². The zero-order valence-corrected chi connectivity index (χ0v) is 10.2. The first-order valence-corrected chi connectivity index (χ1v) is 5.67. The summed E-state index contributed by atoms with van der Waals surface area (Å²) in [5, 5.41) is 11.4. The minimum atomic E-state index is -1.01. The molecule has 0 bridgehead atoms. The number of carboxylic acid groups (broad SMARTS) is 1. The second-order valence-electron chi connectivity index (χ2n) is 4.42. The third-order valence-corrected chi connectivity index (χ3v) is 2.26. The summed E-state index contributed by atoms with van der Waals surface area (Å²) in [6.07, 6.45) is 1.79. The highest BCUT2D eigenvalue weighted by Crippen LogP contribution is 2.05. The van der Waals surface area contributed by atoms with Crippen molar-refractivity contribution in [2.75, 3.05) is 0 Å². The van der Waals surface area contributed by atoms with E-state index >= 15 is 0 Å². The summed E-state index contributed by atoms with van der Waals surface area (Å²) < 4.78 is 0. The average Bonchev–Trinajstić information content (AvgIpc) is 2.16. The molecule has 0 saturated heterocycles. The summed E-state index contributed by atoms with van der Waals surface area (Å²) >= 11 is 0. The average molecular weight is 230 g/mol. The highest BCUT2D eigenvalue weighted by Gasteiger charge is 2.23. The molecule has 5 nitrogen and oxygen atoms in total. The molecule has 0 aliphatic carbocycles. The van der Waals surface area contributed by atoms with Crippen molar-refractivity contribution >= 4 is 11.9 Å². The van der Waals surface area contributed by atoms with Crippen molar-refractivity contribution < 1.29 is 14.7 Å². The highest BCUT2D eigenvalue weighted by atomic mass is 16.4. The summed E-state index contributed by atoms with van der Waals surface area (Å²) in [6, 6.07) is -1.45. The Bertz CT molecular complexity index is 241. The Balaban J connectivity index is 4.28. The summed E-state index contributed by atoms with van der Waals surface area (Å²) in [5.41, 5.74) is 5.60. The Hall–Kier alpha value is -1.10. The van der Waals surface area contributed by atoms with Gasteiger partial charge in [-0.1, -0.05) is 27.2 Å². The normalized spacial score (nSPS) is 14.6. The molecule has 2 atom stereocenters. The fourth-order valence-corrected chi connectivity index (χ4v) is 1.41. The minimum absolute atomic E-state index is 0.212. The molecule has 0 aliphatic rings. The Morgan fingerprint density at radius 3 is 2.31 bits per heavy atom. The monoisotopic (exact) mass is 230 g/mol. The number of nitrogens with two attached hydrogens (primary N) is 1. The fourth-order valence-electron chi connectivity index (χ4n) is 1.41. The van der Waals surface area contributed by atoms with Crippen molar-refractivity contribution in [2.24, 2.45) is 11.7 Å². The number of carbonyl (C=O) groups excluding carboxylic acids is 1. The summed E-state index contributed by atoms with van der Waals surface area (Å²) in [7, 11) is 0. The molecule has 4 N–H and O–H groups in total. The van der Waals surface area contributed by atoms with E-state index in [0.29, 0.717) is 12.8 Å². The van der Waals surface area contributed by atoms with Crippen LogP contribution in [0.5, 0.6) is 0 Å². The van der Waals surface area contributed by atoms with Gasteiger partial charge >= 0.3 is 5.97 Å². The van der Waals surface area contributed by atoms with E-state index in [1.54, 1.807) is 0 Å². The standard InChI is InChI=1S/C11H22N2O3/c1-4-5-8(12)10(14)13-9(11(15)16)6-7(2)3/h7-9H,4-6,12H2,1-3H3,(H,13,14)(H,15,16)/t8-,9?/m1/s1. The third kappa shape index (κ3) is 5.70. The zero-order chi connectivity index (χ0) is 12.7. The van der Waals surface area contributed by atoms with E-state index < -0.39 is 18.1 Å². The smallest absolute Gasteiger partial charge is 0.326 e. The Morgan fingerprint density at radius 2 is 1.94 bits per heavy atom. The number of carboxylic acids is 1. The predicted octanol–water partition coefficient (Wildman–Crippen LogP) is 0.729. The van der Waals surface area contributed by atoms with Gasteiger partial charge in [-0.05, 0) is 18.8 Å². The van der Waals surface area contributed by atoms with Crippen molar-refractivity contribution in [3.8, 4) is 0 Å². The van der Waals surface area contributed by atoms with Gasteiger partial charge in [0.15, 0.2) is 0 Å². The molecule has 0 aliphatic heterocycles. The van der Waals surface area contributed by atoms with Crippen molar-refractivity contribution in [1.82, 2.24) is 5.32 Å². The number of hydrogen-bond acceptors (Lipinski definition) is 3. The van der Waals surface area contributed by atoms with Crippen LogP contribution in [0.4, 0.5) is 0 Å². The molecule has 0 aromatic rings. The van der Waals surface area contributed by atoms with Crippen molar-refractivity contribution in [2.45, 2.75) is 52.1 Å². The van der Waals surface area contributed by atoms with Crippen LogP contribution in [0.3, 0.4) is 0 Å². The molecule has 0 radical (unpaired) electrons. The second kappa shape index (κ2) is 7.22. The molecule has 0 heterocycles. The number of nitrogens with one attached hydrogen (secondary N) is 1. The summed E-state index contributed by atoms with van der Waals surface area (Å²) in [4.78, 5) is 22.4. The first-order chi connectivity index (χ1) is 7.38. The predicted molar refractivity (Wildman–Crippen MR) is 61.9 cm³/mol. The van der Waals surface area contributed by atoms with Gasteiger partial charge in [0.05, 0.1) is 6.04 Å². The van der Waals surface area contributed by atoms with Crippen LogP contribution in [0, 0.1) is 5.92 Å². The molecular weight excluding hydrogens is 208 g/mol. The first-order valence-electron chi connectivity index (χ1n) is 5.67. The van der Waals surface area contributed by atoms with Crippen LogP contribution >= 0.6 is 0 Å². The topological polar surface area (TPSA) is 92.4 Å². The van der Waals surface area contributed by atoms with Crippen molar-refractivity contribution in [3.05, 3.63) is 0 Å². The molecular formula is C11H22N2O3. The fraction of sp³-hybridized carbons (Fsp3) is 0.818. The van der Waals surface area contributed by atoms with Crippen molar-refractivity contribution in [3.63, 3.8) is 0 Å². The molecule has 0 spiro atoms. The van der Waals surface area contributed by atoms with Gasteiger partial charge in [0, 0.05) is 0 Å². The summed E-state index contributed by atoms with van der Waals surface area (Å²) in [5.74, 6) is -1.18. The number of amides is 1. The van der Waals surface area contributed by atoms with Crippen LogP contribution in [-0.2, 0) is 9.59 Å². The van der Waals surface area contributed by atoms with E-state index in [0.717, 1.165) is 6.42 Å². The number of carbonyl (C=O) groups is 2. The van der Waals surface area contributed by atoms with E-state index in [1.165, 1.54) is 0 Å². The van der Waals surface area contributed by atoms with Crippen molar-refractivity contribution in [1.29, 1.82) is 0 Å². The molecule has 0 saturated carbocycles. The maximum Gasteiger partial charge on any atom is 0.326 e. The molecule has 0 rings (SSSR count). The molecule has 94 valence electrons. The van der Waals surface area contributed by atoms with Gasteiger partial charge < -0.3 is 16.2 Å². The second-order valence-corrected chi connectivity index (χ2v) is 4.42. The molecule has 5 heteroatoms. The Morgan fingerprint density at radius 1 is 1.38 bits per heavy atom. The quantitative estimate of drug-likeness (QED) is 0.601. The third-order valence-electron chi connectivity index (χ3n) is 2.26. The lowest BCUT2D eigenvalue weighted by molar-refractivity contribution is -0.142. The van der Waals surface area contributed by atoms with Crippen LogP contribution < -0.4 is 11.1 Å². The Kier molecular flexibility index (Phi) is 6.72. The zero-order valence-electron chi connectivity index (χ0n) is 10.2. The largest absolute Gasteiger partial charge is 0.480 e. The van der Waals surface area contributed by atoms with E-state index in [4.69, 9.17) is 10.8 Å². The van der Waals surface area contributed by atoms with Crippen LogP contribution in [0.15, 0.2) is 0 Å². The molecule has 1 unspecified atom stereocenters. The lowest BCUT2D eigenvalue weighted by Crippen LogP contribution is -2.48. The lowest BCUT2D eigenvalue weighted by Gasteiger charge is -2.18. The van der Waals surface area contributed by atoms with Gasteiger partial charge in [-0.25, -0.2) is 4.79 Å². The minimum Gasteiger partial charge on any atom is -0.480 e. The molecule has 0 aromatic carbocycles. The molecule has 1 amide bonds. The van der Waals surface area contributed by atoms with Gasteiger partial charge in [0.1, 0.15) is 6.04 Å². The van der Waals surface area contributed by atoms with E-state index in [1.807, 2.05) is 20.8 Å². The van der Waals surface area contributed by atoms with Gasteiger partial charge in [-0.15, -0.1) is 0 Å². The van der Waals surface area contributed by atoms with Gasteiger partial charge in [0.25, 0.3) is 0 Å². The number of aliphatic carboxylic acids is 1. The van der Waals surface area contributed by atoms with E-state index in [9.17, 15) is 9.59 Å². The number of rotatable bonds is 7. The van der Waals surface area contributed by atoms with Crippen LogP contribution in [0.25, 0.3) is 0 Å².